The maximum absolute atomic E-state index is 12.8. The van der Waals surface area contributed by atoms with Crippen molar-refractivity contribution in [3.8, 4) is 5.75 Å². The van der Waals surface area contributed by atoms with Crippen molar-refractivity contribution >= 4 is 11.9 Å². The van der Waals surface area contributed by atoms with Crippen LogP contribution in [0.5, 0.6) is 5.75 Å². The van der Waals surface area contributed by atoms with Gasteiger partial charge in [-0.15, -0.1) is 0 Å². The molecule has 0 radical (unpaired) electrons. The molecule has 1 unspecified atom stereocenters. The van der Waals surface area contributed by atoms with Crippen LogP contribution in [-0.2, 0) is 11.3 Å². The van der Waals surface area contributed by atoms with Crippen LogP contribution >= 0.6 is 0 Å². The predicted molar refractivity (Wildman–Crippen MR) is 101 cm³/mol. The van der Waals surface area contributed by atoms with Gasteiger partial charge in [-0.05, 0) is 25.6 Å². The fourth-order valence-electron chi connectivity index (χ4n) is 2.82. The summed E-state index contributed by atoms with van der Waals surface area (Å²) in [4.78, 5) is 26.4. The molecule has 0 saturated carbocycles. The molecule has 138 valence electrons. The number of urea groups is 1. The molecule has 2 aromatic carbocycles. The average molecular weight is 355 g/mol. The molecule has 26 heavy (non-hydrogen) atoms. The van der Waals surface area contributed by atoms with Gasteiger partial charge in [0.2, 0.25) is 5.91 Å². The molecule has 1 atom stereocenters. The zero-order valence-corrected chi connectivity index (χ0v) is 15.4. The van der Waals surface area contributed by atoms with Crippen LogP contribution in [0.4, 0.5) is 4.79 Å². The summed E-state index contributed by atoms with van der Waals surface area (Å²) in [6.07, 6.45) is 0. The molecule has 0 aliphatic heterocycles. The van der Waals surface area contributed by atoms with E-state index in [1.807, 2.05) is 66.5 Å². The number of likely N-dealkylation sites (N-methyl/N-ethyl adjacent to an activating group) is 1. The minimum absolute atomic E-state index is 0.375. The fourth-order valence-corrected chi connectivity index (χ4v) is 2.82. The largest absolute Gasteiger partial charge is 0.496 e. The molecule has 0 bridgehead atoms. The lowest BCUT2D eigenvalue weighted by molar-refractivity contribution is -0.125. The van der Waals surface area contributed by atoms with E-state index in [1.165, 1.54) is 0 Å². The summed E-state index contributed by atoms with van der Waals surface area (Å²) in [6, 6.07) is 16.0. The quantitative estimate of drug-likeness (QED) is 0.801. The molecule has 6 nitrogen and oxygen atoms in total. The first kappa shape index (κ1) is 19.5. The van der Waals surface area contributed by atoms with Crippen molar-refractivity contribution in [2.24, 2.45) is 0 Å². The topological polar surface area (TPSA) is 70.7 Å². The van der Waals surface area contributed by atoms with Gasteiger partial charge in [-0.25, -0.2) is 4.79 Å². The van der Waals surface area contributed by atoms with E-state index in [1.54, 1.807) is 14.0 Å². The van der Waals surface area contributed by atoms with Gasteiger partial charge in [0.25, 0.3) is 0 Å². The van der Waals surface area contributed by atoms with E-state index in [0.717, 1.165) is 16.9 Å². The molecule has 2 aromatic rings. The maximum Gasteiger partial charge on any atom is 0.321 e. The monoisotopic (exact) mass is 355 g/mol. The van der Waals surface area contributed by atoms with Crippen molar-refractivity contribution in [3.05, 3.63) is 65.7 Å². The number of amides is 3. The first-order chi connectivity index (χ1) is 12.6. The zero-order valence-electron chi connectivity index (χ0n) is 15.4. The van der Waals surface area contributed by atoms with E-state index < -0.39 is 12.1 Å². The number of carbonyl (C=O) groups is 2. The van der Waals surface area contributed by atoms with Gasteiger partial charge in [-0.2, -0.15) is 0 Å². The minimum Gasteiger partial charge on any atom is -0.496 e. The molecule has 2 rings (SSSR count). The molecule has 0 aromatic heterocycles. The van der Waals surface area contributed by atoms with Crippen molar-refractivity contribution in [3.63, 3.8) is 0 Å². The van der Waals surface area contributed by atoms with Crippen LogP contribution in [-0.4, -0.2) is 37.5 Å². The average Bonchev–Trinajstić information content (AvgIpc) is 2.63. The Morgan fingerprint density at radius 2 is 1.73 bits per heavy atom. The number of benzene rings is 2. The first-order valence-corrected chi connectivity index (χ1v) is 8.52. The lowest BCUT2D eigenvalue weighted by atomic mass is 10.0. The lowest BCUT2D eigenvalue weighted by Gasteiger charge is -2.28. The van der Waals surface area contributed by atoms with Crippen molar-refractivity contribution in [1.82, 2.24) is 15.5 Å². The first-order valence-electron chi connectivity index (χ1n) is 8.52. The third-order valence-electron chi connectivity index (χ3n) is 3.99. The van der Waals surface area contributed by atoms with E-state index in [-0.39, 0.29) is 5.91 Å². The van der Waals surface area contributed by atoms with Gasteiger partial charge < -0.3 is 10.1 Å². The Labute approximate surface area is 154 Å². The Morgan fingerprint density at radius 3 is 2.38 bits per heavy atom. The SMILES string of the molecule is CCNC(=O)NC(=O)C(c1ccccc1)N(C)Cc1ccccc1OC. The number of methoxy groups -OCH3 is 1. The van der Waals surface area contributed by atoms with Gasteiger partial charge in [-0.3, -0.25) is 15.0 Å². The lowest BCUT2D eigenvalue weighted by Crippen LogP contribution is -2.45. The van der Waals surface area contributed by atoms with Gasteiger partial charge >= 0.3 is 6.03 Å². The number of hydrogen-bond acceptors (Lipinski definition) is 4. The van der Waals surface area contributed by atoms with Crippen LogP contribution in [0.3, 0.4) is 0 Å². The number of para-hydroxylation sites is 1. The minimum atomic E-state index is -0.608. The predicted octanol–water partition coefficient (Wildman–Crippen LogP) is 2.71. The van der Waals surface area contributed by atoms with Crippen LogP contribution in [0.1, 0.15) is 24.1 Å². The standard InChI is InChI=1S/C20H25N3O3/c1-4-21-20(25)22-19(24)18(15-10-6-5-7-11-15)23(2)14-16-12-8-9-13-17(16)26-3/h5-13,18H,4,14H2,1-3H3,(H2,21,22,24,25). The number of rotatable bonds is 7. The molecule has 0 aliphatic rings. The van der Waals surface area contributed by atoms with Gasteiger partial charge in [0.1, 0.15) is 11.8 Å². The highest BCUT2D eigenvalue weighted by Gasteiger charge is 2.27. The molecular weight excluding hydrogens is 330 g/mol. The van der Waals surface area contributed by atoms with Crippen LogP contribution in [0, 0.1) is 0 Å². The summed E-state index contributed by atoms with van der Waals surface area (Å²) in [5.74, 6) is 0.384. The normalized spacial score (nSPS) is 11.7. The number of ether oxygens (including phenoxy) is 1. The summed E-state index contributed by atoms with van der Waals surface area (Å²) in [5.41, 5.74) is 1.77. The molecule has 6 heteroatoms. The second-order valence-corrected chi connectivity index (χ2v) is 5.89. The van der Waals surface area contributed by atoms with Crippen LogP contribution in [0.2, 0.25) is 0 Å². The van der Waals surface area contributed by atoms with Crippen LogP contribution < -0.4 is 15.4 Å². The molecule has 0 heterocycles. The molecule has 0 fully saturated rings. The summed E-state index contributed by atoms with van der Waals surface area (Å²) in [5, 5.41) is 4.99. The van der Waals surface area contributed by atoms with Gasteiger partial charge in [0, 0.05) is 18.7 Å². The Balaban J connectivity index is 2.25. The molecule has 2 N–H and O–H groups in total. The highest BCUT2D eigenvalue weighted by atomic mass is 16.5. The van der Waals surface area contributed by atoms with Gasteiger partial charge in [-0.1, -0.05) is 48.5 Å². The van der Waals surface area contributed by atoms with E-state index in [9.17, 15) is 9.59 Å². The van der Waals surface area contributed by atoms with E-state index >= 15 is 0 Å². The van der Waals surface area contributed by atoms with Gasteiger partial charge in [0.15, 0.2) is 0 Å². The number of nitrogens with one attached hydrogen (secondary N) is 2. The zero-order chi connectivity index (χ0) is 18.9. The third kappa shape index (κ3) is 5.07. The van der Waals surface area contributed by atoms with Crippen LogP contribution in [0.25, 0.3) is 0 Å². The highest BCUT2D eigenvalue weighted by molar-refractivity contribution is 5.97. The van der Waals surface area contributed by atoms with Gasteiger partial charge in [0.05, 0.1) is 7.11 Å². The number of carbonyl (C=O) groups excluding carboxylic acids is 2. The summed E-state index contributed by atoms with van der Waals surface area (Å²) < 4.78 is 5.40. The smallest absolute Gasteiger partial charge is 0.321 e. The second kappa shape index (κ2) is 9.58. The van der Waals surface area contributed by atoms with E-state index in [4.69, 9.17) is 4.74 Å². The van der Waals surface area contributed by atoms with E-state index in [0.29, 0.717) is 13.1 Å². The molecule has 0 aliphatic carbocycles. The van der Waals surface area contributed by atoms with E-state index in [2.05, 4.69) is 10.6 Å². The Morgan fingerprint density at radius 1 is 1.08 bits per heavy atom. The molecule has 3 amide bonds. The van der Waals surface area contributed by atoms with Crippen molar-refractivity contribution < 1.29 is 14.3 Å². The number of imide groups is 1. The van der Waals surface area contributed by atoms with Crippen LogP contribution in [0.15, 0.2) is 54.6 Å². The Kier molecular flexibility index (Phi) is 7.17. The Bertz CT molecular complexity index is 734. The molecule has 0 spiro atoms. The number of nitrogens with zero attached hydrogens (tertiary/aromatic N) is 1. The molecule has 0 saturated heterocycles. The second-order valence-electron chi connectivity index (χ2n) is 5.89. The third-order valence-corrected chi connectivity index (χ3v) is 3.99. The maximum atomic E-state index is 12.8. The molecular formula is C20H25N3O3. The van der Waals surface area contributed by atoms with Crippen molar-refractivity contribution in [2.75, 3.05) is 20.7 Å². The summed E-state index contributed by atoms with van der Waals surface area (Å²) in [6.45, 7) is 2.74. The highest BCUT2D eigenvalue weighted by Crippen LogP contribution is 2.25. The summed E-state index contributed by atoms with van der Waals surface area (Å²) in [7, 11) is 3.47. The Hall–Kier alpha value is -2.86. The summed E-state index contributed by atoms with van der Waals surface area (Å²) >= 11 is 0. The fraction of sp³-hybridized carbons (Fsp3) is 0.300. The van der Waals surface area contributed by atoms with Crippen molar-refractivity contribution in [1.29, 1.82) is 0 Å². The van der Waals surface area contributed by atoms with Crippen molar-refractivity contribution in [2.45, 2.75) is 19.5 Å². The number of hydrogen-bond donors (Lipinski definition) is 2.